The van der Waals surface area contributed by atoms with Crippen molar-refractivity contribution in [1.29, 1.82) is 0 Å². The van der Waals surface area contributed by atoms with Crippen LogP contribution in [0.25, 0.3) is 0 Å². The van der Waals surface area contributed by atoms with Crippen LogP contribution in [0.1, 0.15) is 17.4 Å². The summed E-state index contributed by atoms with van der Waals surface area (Å²) in [5.74, 6) is 0.418. The number of anilines is 2. The molecule has 0 bridgehead atoms. The van der Waals surface area contributed by atoms with Crippen molar-refractivity contribution in [2.24, 2.45) is 0 Å². The lowest BCUT2D eigenvalue weighted by atomic mass is 10.2. The summed E-state index contributed by atoms with van der Waals surface area (Å²) in [4.78, 5) is 38.2. The van der Waals surface area contributed by atoms with Gasteiger partial charge in [-0.25, -0.2) is 9.97 Å². The Labute approximate surface area is 146 Å². The lowest BCUT2D eigenvalue weighted by Crippen LogP contribution is -2.48. The highest BCUT2D eigenvalue weighted by Gasteiger charge is 2.22. The van der Waals surface area contributed by atoms with Crippen LogP contribution >= 0.6 is 0 Å². The van der Waals surface area contributed by atoms with Crippen molar-refractivity contribution >= 4 is 23.5 Å². The van der Waals surface area contributed by atoms with Crippen molar-refractivity contribution < 1.29 is 9.59 Å². The van der Waals surface area contributed by atoms with E-state index in [-0.39, 0.29) is 11.8 Å². The van der Waals surface area contributed by atoms with Crippen molar-refractivity contribution in [1.82, 2.24) is 14.9 Å². The van der Waals surface area contributed by atoms with Gasteiger partial charge in [-0.05, 0) is 18.2 Å². The summed E-state index contributed by atoms with van der Waals surface area (Å²) in [5.41, 5.74) is 1.16. The number of amides is 2. The molecular weight excluding hydrogens is 318 g/mol. The summed E-state index contributed by atoms with van der Waals surface area (Å²) in [6.45, 7) is 4.17. The van der Waals surface area contributed by atoms with Crippen LogP contribution in [0.2, 0.25) is 0 Å². The fourth-order valence-electron chi connectivity index (χ4n) is 2.78. The van der Waals surface area contributed by atoms with E-state index in [0.717, 1.165) is 5.69 Å². The third-order valence-electron chi connectivity index (χ3n) is 4.32. The maximum atomic E-state index is 12.7. The Bertz CT molecular complexity index is 757. The lowest BCUT2D eigenvalue weighted by molar-refractivity contribution is -0.129. The van der Waals surface area contributed by atoms with Crippen LogP contribution in [0.15, 0.2) is 42.6 Å². The lowest BCUT2D eigenvalue weighted by Gasteiger charge is -2.34. The van der Waals surface area contributed by atoms with Gasteiger partial charge in [0.05, 0.1) is 0 Å². The van der Waals surface area contributed by atoms with Gasteiger partial charge < -0.3 is 14.7 Å². The molecule has 0 unspecified atom stereocenters. The zero-order valence-corrected chi connectivity index (χ0v) is 14.4. The van der Waals surface area contributed by atoms with Gasteiger partial charge in [-0.3, -0.25) is 9.59 Å². The van der Waals surface area contributed by atoms with Crippen LogP contribution in [0.3, 0.4) is 0 Å². The molecule has 1 saturated heterocycles. The molecule has 1 aromatic heterocycles. The van der Waals surface area contributed by atoms with Gasteiger partial charge in [-0.1, -0.05) is 18.2 Å². The van der Waals surface area contributed by atoms with Crippen LogP contribution in [0.5, 0.6) is 0 Å². The van der Waals surface area contributed by atoms with E-state index >= 15 is 0 Å². The second-order valence-electron chi connectivity index (χ2n) is 5.93. The van der Waals surface area contributed by atoms with Crippen LogP contribution in [-0.4, -0.2) is 59.9 Å². The van der Waals surface area contributed by atoms with E-state index in [9.17, 15) is 9.59 Å². The van der Waals surface area contributed by atoms with E-state index in [1.165, 1.54) is 0 Å². The molecule has 3 rings (SSSR count). The fourth-order valence-corrected chi connectivity index (χ4v) is 2.78. The predicted molar refractivity (Wildman–Crippen MR) is 95.7 cm³/mol. The maximum absolute atomic E-state index is 12.7. The number of nitrogens with zero attached hydrogens (tertiary/aromatic N) is 5. The maximum Gasteiger partial charge on any atom is 0.276 e. The van der Waals surface area contributed by atoms with E-state index in [0.29, 0.717) is 37.8 Å². The van der Waals surface area contributed by atoms with Crippen molar-refractivity contribution in [3.8, 4) is 0 Å². The average molecular weight is 339 g/mol. The molecule has 1 fully saturated rings. The van der Waals surface area contributed by atoms with Crippen LogP contribution < -0.4 is 9.80 Å². The van der Waals surface area contributed by atoms with E-state index in [4.69, 9.17) is 0 Å². The van der Waals surface area contributed by atoms with Crippen LogP contribution in [0.4, 0.5) is 11.6 Å². The Morgan fingerprint density at radius 3 is 2.36 bits per heavy atom. The molecule has 0 spiro atoms. The smallest absolute Gasteiger partial charge is 0.276 e. The second kappa shape index (κ2) is 7.29. The number of hydrogen-bond acceptors (Lipinski definition) is 5. The molecule has 2 heterocycles. The first-order valence-corrected chi connectivity index (χ1v) is 8.23. The molecule has 2 aromatic rings. The van der Waals surface area contributed by atoms with Gasteiger partial charge in [0.25, 0.3) is 5.91 Å². The van der Waals surface area contributed by atoms with Gasteiger partial charge in [-0.15, -0.1) is 0 Å². The highest BCUT2D eigenvalue weighted by atomic mass is 16.2. The van der Waals surface area contributed by atoms with Gasteiger partial charge in [0.15, 0.2) is 0 Å². The van der Waals surface area contributed by atoms with Gasteiger partial charge in [0.2, 0.25) is 11.9 Å². The van der Waals surface area contributed by atoms with Crippen molar-refractivity contribution in [2.75, 3.05) is 43.0 Å². The van der Waals surface area contributed by atoms with Crippen LogP contribution in [0, 0.1) is 0 Å². The first kappa shape index (κ1) is 16.9. The topological polar surface area (TPSA) is 69.6 Å². The molecule has 1 aromatic carbocycles. The Hall–Kier alpha value is -2.96. The summed E-state index contributed by atoms with van der Waals surface area (Å²) in [6, 6.07) is 11.1. The number of aromatic nitrogens is 2. The van der Waals surface area contributed by atoms with Gasteiger partial charge >= 0.3 is 0 Å². The molecular formula is C18H21N5O2. The minimum absolute atomic E-state index is 0.0778. The molecule has 1 aliphatic heterocycles. The van der Waals surface area contributed by atoms with Crippen LogP contribution in [-0.2, 0) is 4.79 Å². The van der Waals surface area contributed by atoms with Crippen molar-refractivity contribution in [3.63, 3.8) is 0 Å². The quantitative estimate of drug-likeness (QED) is 0.846. The largest absolute Gasteiger partial charge is 0.339 e. The first-order chi connectivity index (χ1) is 12.1. The van der Waals surface area contributed by atoms with E-state index in [1.54, 1.807) is 36.0 Å². The average Bonchev–Trinajstić information content (AvgIpc) is 2.67. The molecule has 25 heavy (non-hydrogen) atoms. The molecule has 0 N–H and O–H groups in total. The highest BCUT2D eigenvalue weighted by molar-refractivity contribution is 6.04. The third kappa shape index (κ3) is 3.76. The third-order valence-corrected chi connectivity index (χ3v) is 4.32. The SMILES string of the molecule is CC(=O)N1CCN(c2nccc(C(=O)N(C)c3ccccc3)n2)CC1. The zero-order chi connectivity index (χ0) is 17.8. The van der Waals surface area contributed by atoms with Gasteiger partial charge in [0, 0.05) is 52.0 Å². The molecule has 7 nitrogen and oxygen atoms in total. The number of carbonyl (C=O) groups excluding carboxylic acids is 2. The fraction of sp³-hybridized carbons (Fsp3) is 0.333. The summed E-state index contributed by atoms with van der Waals surface area (Å²) in [7, 11) is 1.73. The molecule has 0 radical (unpaired) electrons. The molecule has 0 aliphatic carbocycles. The molecule has 130 valence electrons. The van der Waals surface area contributed by atoms with Gasteiger partial charge in [-0.2, -0.15) is 0 Å². The minimum atomic E-state index is -0.183. The van der Waals surface area contributed by atoms with Gasteiger partial charge in [0.1, 0.15) is 5.69 Å². The molecule has 2 amide bonds. The Morgan fingerprint density at radius 2 is 1.72 bits per heavy atom. The number of hydrogen-bond donors (Lipinski definition) is 0. The molecule has 7 heteroatoms. The molecule has 1 aliphatic rings. The number of carbonyl (C=O) groups is 2. The van der Waals surface area contributed by atoms with Crippen molar-refractivity contribution in [2.45, 2.75) is 6.92 Å². The number of rotatable bonds is 3. The summed E-state index contributed by atoms with van der Waals surface area (Å²) in [6.07, 6.45) is 1.60. The second-order valence-corrected chi connectivity index (χ2v) is 5.93. The first-order valence-electron chi connectivity index (χ1n) is 8.23. The predicted octanol–water partition coefficient (Wildman–Crippen LogP) is 1.42. The Balaban J connectivity index is 1.73. The van der Waals surface area contributed by atoms with E-state index in [1.807, 2.05) is 35.2 Å². The standard InChI is InChI=1S/C18H21N5O2/c1-14(24)22-10-12-23(13-11-22)18-19-9-8-16(20-18)17(25)21(2)15-6-4-3-5-7-15/h3-9H,10-13H2,1-2H3. The number of piperazine rings is 1. The monoisotopic (exact) mass is 339 g/mol. The summed E-state index contributed by atoms with van der Waals surface area (Å²) in [5, 5.41) is 0. The van der Waals surface area contributed by atoms with E-state index in [2.05, 4.69) is 9.97 Å². The van der Waals surface area contributed by atoms with E-state index < -0.39 is 0 Å². The van der Waals surface area contributed by atoms with Crippen molar-refractivity contribution in [3.05, 3.63) is 48.3 Å². The molecule has 0 saturated carbocycles. The summed E-state index contributed by atoms with van der Waals surface area (Å²) >= 11 is 0. The normalized spacial score (nSPS) is 14.3. The Morgan fingerprint density at radius 1 is 1.04 bits per heavy atom. The Kier molecular flexibility index (Phi) is 4.92. The minimum Gasteiger partial charge on any atom is -0.339 e. The number of benzene rings is 1. The zero-order valence-electron chi connectivity index (χ0n) is 14.4. The number of para-hydroxylation sites is 1. The highest BCUT2D eigenvalue weighted by Crippen LogP contribution is 2.16. The molecule has 0 atom stereocenters. The summed E-state index contributed by atoms with van der Waals surface area (Å²) < 4.78 is 0.